The molecule has 0 spiro atoms. The van der Waals surface area contributed by atoms with Gasteiger partial charge in [0, 0.05) is 17.7 Å². The first-order valence-electron chi connectivity index (χ1n) is 9.28. The number of ether oxygens (including phenoxy) is 1. The molecule has 0 aliphatic heterocycles. The predicted octanol–water partition coefficient (Wildman–Crippen LogP) is 4.62. The van der Waals surface area contributed by atoms with E-state index in [2.05, 4.69) is 31.8 Å². The summed E-state index contributed by atoms with van der Waals surface area (Å²) < 4.78 is 12.7. The molecule has 4 aromatic rings. The first-order chi connectivity index (χ1) is 14.2. The Hall–Kier alpha value is -3.13. The molecule has 0 N–H and O–H groups in total. The second kappa shape index (κ2) is 8.48. The zero-order chi connectivity index (χ0) is 20.2. The van der Waals surface area contributed by atoms with E-state index >= 15 is 0 Å². The van der Waals surface area contributed by atoms with Crippen molar-refractivity contribution >= 4 is 11.8 Å². The smallest absolute Gasteiger partial charge is 0.257 e. The van der Waals surface area contributed by atoms with Gasteiger partial charge in [-0.25, -0.2) is 0 Å². The van der Waals surface area contributed by atoms with Gasteiger partial charge < -0.3 is 13.8 Å². The summed E-state index contributed by atoms with van der Waals surface area (Å²) in [4.78, 5) is 4.49. The normalized spacial score (nSPS) is 11.0. The molecule has 0 bridgehead atoms. The van der Waals surface area contributed by atoms with Crippen LogP contribution in [0.5, 0.6) is 5.75 Å². The van der Waals surface area contributed by atoms with E-state index in [9.17, 15) is 0 Å². The Bertz CT molecular complexity index is 1090. The molecular weight excluding hydrogens is 386 g/mol. The van der Waals surface area contributed by atoms with E-state index in [-0.39, 0.29) is 0 Å². The Morgan fingerprint density at radius 1 is 1.00 bits per heavy atom. The molecule has 2 aromatic carbocycles. The molecule has 0 atom stereocenters. The van der Waals surface area contributed by atoms with Crippen molar-refractivity contribution < 1.29 is 9.26 Å². The molecule has 0 fully saturated rings. The fraction of sp³-hybridized carbons (Fsp3) is 0.238. The summed E-state index contributed by atoms with van der Waals surface area (Å²) >= 11 is 1.54. The Morgan fingerprint density at radius 2 is 1.72 bits per heavy atom. The Morgan fingerprint density at radius 3 is 2.41 bits per heavy atom. The topological polar surface area (TPSA) is 78.9 Å². The Kier molecular flexibility index (Phi) is 5.62. The minimum Gasteiger partial charge on any atom is -0.497 e. The molecule has 4 rings (SSSR count). The van der Waals surface area contributed by atoms with Gasteiger partial charge in [-0.3, -0.25) is 0 Å². The molecule has 2 aromatic heterocycles. The van der Waals surface area contributed by atoms with Crippen LogP contribution in [0.4, 0.5) is 0 Å². The number of rotatable bonds is 7. The van der Waals surface area contributed by atoms with Gasteiger partial charge in [0.25, 0.3) is 5.89 Å². The van der Waals surface area contributed by atoms with Crippen molar-refractivity contribution in [2.24, 2.45) is 0 Å². The van der Waals surface area contributed by atoms with Crippen molar-refractivity contribution in [3.05, 3.63) is 59.9 Å². The highest BCUT2D eigenvalue weighted by atomic mass is 32.2. The average molecular weight is 407 g/mol. The van der Waals surface area contributed by atoms with Gasteiger partial charge in [0.2, 0.25) is 0 Å². The average Bonchev–Trinajstić information content (AvgIpc) is 3.39. The molecule has 29 heavy (non-hydrogen) atoms. The molecule has 0 unspecified atom stereocenters. The molecule has 2 heterocycles. The fourth-order valence-corrected chi connectivity index (χ4v) is 3.73. The lowest BCUT2D eigenvalue weighted by Gasteiger charge is -2.07. The van der Waals surface area contributed by atoms with Crippen molar-refractivity contribution in [1.82, 2.24) is 24.9 Å². The maximum Gasteiger partial charge on any atom is 0.257 e. The van der Waals surface area contributed by atoms with Crippen LogP contribution in [-0.4, -0.2) is 32.0 Å². The van der Waals surface area contributed by atoms with Gasteiger partial charge in [0.05, 0.1) is 12.9 Å². The fourth-order valence-electron chi connectivity index (χ4n) is 2.89. The molecule has 148 valence electrons. The molecule has 0 amide bonds. The Labute approximate surface area is 173 Å². The summed E-state index contributed by atoms with van der Waals surface area (Å²) in [5.41, 5.74) is 3.10. The second-order valence-corrected chi connectivity index (χ2v) is 7.39. The highest BCUT2D eigenvalue weighted by Gasteiger charge is 2.15. The van der Waals surface area contributed by atoms with Gasteiger partial charge >= 0.3 is 0 Å². The van der Waals surface area contributed by atoms with E-state index < -0.39 is 0 Å². The molecule has 0 aliphatic carbocycles. The quantitative estimate of drug-likeness (QED) is 0.413. The van der Waals surface area contributed by atoms with Crippen LogP contribution in [0, 0.1) is 6.92 Å². The maximum absolute atomic E-state index is 5.40. The monoisotopic (exact) mass is 407 g/mol. The lowest BCUT2D eigenvalue weighted by Crippen LogP contribution is -2.00. The van der Waals surface area contributed by atoms with Crippen LogP contribution in [0.3, 0.4) is 0 Å². The lowest BCUT2D eigenvalue weighted by atomic mass is 10.1. The van der Waals surface area contributed by atoms with Crippen molar-refractivity contribution in [3.63, 3.8) is 0 Å². The second-order valence-electron chi connectivity index (χ2n) is 6.45. The molecule has 0 saturated carbocycles. The summed E-state index contributed by atoms with van der Waals surface area (Å²) in [5.74, 6) is 3.34. The first kappa shape index (κ1) is 19.2. The number of hydrogen-bond acceptors (Lipinski definition) is 7. The number of methoxy groups -OCH3 is 1. The molecule has 0 radical (unpaired) electrons. The zero-order valence-corrected chi connectivity index (χ0v) is 17.3. The van der Waals surface area contributed by atoms with Crippen LogP contribution < -0.4 is 4.74 Å². The SMILES string of the molecule is CCn1c(SCc2noc(-c3ccc(C)cc3)n2)nnc1-c1ccc(OC)cc1. The zero-order valence-electron chi connectivity index (χ0n) is 16.5. The van der Waals surface area contributed by atoms with E-state index in [0.29, 0.717) is 17.5 Å². The van der Waals surface area contributed by atoms with Crippen molar-refractivity contribution in [3.8, 4) is 28.6 Å². The molecule has 7 nitrogen and oxygen atoms in total. The standard InChI is InChI=1S/C21H21N5O2S/c1-4-26-19(15-9-11-17(27-3)12-10-15)23-24-21(26)29-13-18-22-20(28-25-18)16-7-5-14(2)6-8-16/h5-12H,4,13H2,1-3H3. The van der Waals surface area contributed by atoms with E-state index in [1.807, 2.05) is 55.5 Å². The number of hydrogen-bond donors (Lipinski definition) is 0. The lowest BCUT2D eigenvalue weighted by molar-refractivity contribution is 0.415. The third kappa shape index (κ3) is 4.17. The predicted molar refractivity (Wildman–Crippen MR) is 112 cm³/mol. The van der Waals surface area contributed by atoms with Gasteiger partial charge in [0.1, 0.15) is 5.75 Å². The summed E-state index contributed by atoms with van der Waals surface area (Å²) in [5, 5.41) is 13.6. The molecule has 0 aliphatic rings. The summed E-state index contributed by atoms with van der Waals surface area (Å²) in [6.45, 7) is 4.88. The summed E-state index contributed by atoms with van der Waals surface area (Å²) in [7, 11) is 1.65. The van der Waals surface area contributed by atoms with Gasteiger partial charge in [-0.05, 0) is 50.2 Å². The largest absolute Gasteiger partial charge is 0.497 e. The number of benzene rings is 2. The van der Waals surface area contributed by atoms with Crippen LogP contribution in [0.15, 0.2) is 58.2 Å². The number of nitrogens with zero attached hydrogens (tertiary/aromatic N) is 5. The third-order valence-electron chi connectivity index (χ3n) is 4.48. The van der Waals surface area contributed by atoms with Gasteiger partial charge in [0.15, 0.2) is 16.8 Å². The van der Waals surface area contributed by atoms with Gasteiger partial charge in [-0.15, -0.1) is 10.2 Å². The van der Waals surface area contributed by atoms with E-state index in [0.717, 1.165) is 34.4 Å². The van der Waals surface area contributed by atoms with Crippen LogP contribution in [-0.2, 0) is 12.3 Å². The van der Waals surface area contributed by atoms with Gasteiger partial charge in [-0.1, -0.05) is 34.6 Å². The highest BCUT2D eigenvalue weighted by molar-refractivity contribution is 7.98. The molecule has 0 saturated heterocycles. The van der Waals surface area contributed by atoms with Crippen LogP contribution >= 0.6 is 11.8 Å². The number of thioether (sulfide) groups is 1. The van der Waals surface area contributed by atoms with Crippen molar-refractivity contribution in [2.45, 2.75) is 31.3 Å². The van der Waals surface area contributed by atoms with Crippen LogP contribution in [0.2, 0.25) is 0 Å². The summed E-state index contributed by atoms with van der Waals surface area (Å²) in [6, 6.07) is 15.8. The number of aryl methyl sites for hydroxylation is 1. The van der Waals surface area contributed by atoms with Crippen LogP contribution in [0.25, 0.3) is 22.8 Å². The van der Waals surface area contributed by atoms with E-state index in [4.69, 9.17) is 9.26 Å². The minimum atomic E-state index is 0.525. The van der Waals surface area contributed by atoms with E-state index in [1.54, 1.807) is 7.11 Å². The Balaban J connectivity index is 1.49. The number of aromatic nitrogens is 5. The summed E-state index contributed by atoms with van der Waals surface area (Å²) in [6.07, 6.45) is 0. The highest BCUT2D eigenvalue weighted by Crippen LogP contribution is 2.27. The van der Waals surface area contributed by atoms with E-state index in [1.165, 1.54) is 17.3 Å². The van der Waals surface area contributed by atoms with Crippen molar-refractivity contribution in [2.75, 3.05) is 7.11 Å². The van der Waals surface area contributed by atoms with Crippen molar-refractivity contribution in [1.29, 1.82) is 0 Å². The van der Waals surface area contributed by atoms with Gasteiger partial charge in [-0.2, -0.15) is 4.98 Å². The minimum absolute atomic E-state index is 0.525. The van der Waals surface area contributed by atoms with Crippen LogP contribution in [0.1, 0.15) is 18.3 Å². The molecular formula is C21H21N5O2S. The maximum atomic E-state index is 5.40. The third-order valence-corrected chi connectivity index (χ3v) is 5.44. The first-order valence-corrected chi connectivity index (χ1v) is 10.3. The molecule has 8 heteroatoms.